The third-order valence-corrected chi connectivity index (χ3v) is 3.38. The van der Waals surface area contributed by atoms with Crippen LogP contribution in [-0.2, 0) is 0 Å². The van der Waals surface area contributed by atoms with Crippen molar-refractivity contribution in [2.45, 2.75) is 13.3 Å². The quantitative estimate of drug-likeness (QED) is 0.827. The van der Waals surface area contributed by atoms with Gasteiger partial charge in [0, 0.05) is 0 Å². The van der Waals surface area contributed by atoms with Gasteiger partial charge in [-0.25, -0.2) is 4.68 Å². The van der Waals surface area contributed by atoms with E-state index in [-0.39, 0.29) is 0 Å². The Kier molecular flexibility index (Phi) is 3.98. The number of rotatable bonds is 4. The largest absolute Gasteiger partial charge is 0.220 e. The van der Waals surface area contributed by atoms with E-state index in [4.69, 9.17) is 0 Å². The summed E-state index contributed by atoms with van der Waals surface area (Å²) < 4.78 is 1.79. The van der Waals surface area contributed by atoms with Gasteiger partial charge in [-0.15, -0.1) is 16.9 Å². The van der Waals surface area contributed by atoms with Crippen molar-refractivity contribution >= 4 is 17.8 Å². The molecular formula is C13H15N3S. The number of benzene rings is 1. The fraction of sp³-hybridized carbons (Fsp3) is 0.231. The van der Waals surface area contributed by atoms with E-state index >= 15 is 0 Å². The highest BCUT2D eigenvalue weighted by Gasteiger charge is 2.01. The Hall–Kier alpha value is -1.55. The number of para-hydroxylation sites is 1. The lowest BCUT2D eigenvalue weighted by Gasteiger charge is -1.97. The van der Waals surface area contributed by atoms with Crippen LogP contribution in [0.4, 0.5) is 0 Å². The zero-order chi connectivity index (χ0) is 12.1. The third kappa shape index (κ3) is 2.97. The lowest BCUT2D eigenvalue weighted by atomic mass is 10.3. The molecule has 0 amide bonds. The molecule has 88 valence electrons. The molecule has 17 heavy (non-hydrogen) atoms. The maximum Gasteiger partial charge on any atom is 0.107 e. The Morgan fingerprint density at radius 1 is 1.35 bits per heavy atom. The molecule has 3 nitrogen and oxygen atoms in total. The molecule has 0 fully saturated rings. The average Bonchev–Trinajstić information content (AvgIpc) is 2.85. The lowest BCUT2D eigenvalue weighted by Crippen LogP contribution is -1.93. The SMILES string of the molecule is CC/C(=C\c1cn(-c2ccccc2)nn1)SC. The molecule has 2 rings (SSSR count). The van der Waals surface area contributed by atoms with E-state index in [1.165, 1.54) is 4.91 Å². The molecule has 1 aromatic carbocycles. The Morgan fingerprint density at radius 3 is 2.76 bits per heavy atom. The third-order valence-electron chi connectivity index (χ3n) is 2.45. The Balaban J connectivity index is 2.25. The Morgan fingerprint density at radius 2 is 2.12 bits per heavy atom. The first-order valence-corrected chi connectivity index (χ1v) is 6.78. The van der Waals surface area contributed by atoms with Crippen LogP contribution in [-0.4, -0.2) is 21.2 Å². The van der Waals surface area contributed by atoms with Crippen molar-refractivity contribution in [3.05, 3.63) is 47.1 Å². The summed E-state index contributed by atoms with van der Waals surface area (Å²) in [5.41, 5.74) is 1.93. The van der Waals surface area contributed by atoms with Crippen LogP contribution in [0.25, 0.3) is 11.8 Å². The van der Waals surface area contributed by atoms with Gasteiger partial charge in [-0.05, 0) is 35.8 Å². The first kappa shape index (κ1) is 11.9. The molecule has 0 aliphatic carbocycles. The van der Waals surface area contributed by atoms with E-state index in [1.54, 1.807) is 16.4 Å². The number of hydrogen-bond donors (Lipinski definition) is 0. The Bertz CT molecular complexity index is 496. The molecule has 2 aromatic rings. The predicted octanol–water partition coefficient (Wildman–Crippen LogP) is 3.38. The zero-order valence-corrected chi connectivity index (χ0v) is 10.8. The van der Waals surface area contributed by atoms with Crippen LogP contribution in [0, 0.1) is 0 Å². The van der Waals surface area contributed by atoms with Gasteiger partial charge in [0.25, 0.3) is 0 Å². The second kappa shape index (κ2) is 5.68. The second-order valence-corrected chi connectivity index (χ2v) is 4.52. The molecule has 0 unspecified atom stereocenters. The van der Waals surface area contributed by atoms with Gasteiger partial charge in [0.15, 0.2) is 0 Å². The smallest absolute Gasteiger partial charge is 0.107 e. The van der Waals surface area contributed by atoms with Gasteiger partial charge in [-0.1, -0.05) is 30.3 Å². The molecule has 0 bridgehead atoms. The van der Waals surface area contributed by atoms with Crippen molar-refractivity contribution < 1.29 is 0 Å². The van der Waals surface area contributed by atoms with Crippen molar-refractivity contribution in [3.8, 4) is 5.69 Å². The molecule has 0 atom stereocenters. The van der Waals surface area contributed by atoms with Gasteiger partial charge < -0.3 is 0 Å². The van der Waals surface area contributed by atoms with Gasteiger partial charge >= 0.3 is 0 Å². The highest BCUT2D eigenvalue weighted by atomic mass is 32.2. The lowest BCUT2D eigenvalue weighted by molar-refractivity contribution is 0.802. The fourth-order valence-electron chi connectivity index (χ4n) is 1.52. The van der Waals surface area contributed by atoms with E-state index in [0.29, 0.717) is 0 Å². The molecule has 0 aliphatic rings. The van der Waals surface area contributed by atoms with Crippen LogP contribution in [0.3, 0.4) is 0 Å². The number of hydrogen-bond acceptors (Lipinski definition) is 3. The first-order valence-electron chi connectivity index (χ1n) is 5.56. The van der Waals surface area contributed by atoms with Crippen molar-refractivity contribution in [1.29, 1.82) is 0 Å². The van der Waals surface area contributed by atoms with E-state index in [2.05, 4.69) is 29.6 Å². The predicted molar refractivity (Wildman–Crippen MR) is 73.1 cm³/mol. The van der Waals surface area contributed by atoms with E-state index in [0.717, 1.165) is 17.8 Å². The van der Waals surface area contributed by atoms with Crippen LogP contribution < -0.4 is 0 Å². The number of thioether (sulfide) groups is 1. The van der Waals surface area contributed by atoms with Gasteiger partial charge in [0.05, 0.1) is 11.9 Å². The monoisotopic (exact) mass is 245 g/mol. The van der Waals surface area contributed by atoms with Crippen LogP contribution >= 0.6 is 11.8 Å². The van der Waals surface area contributed by atoms with E-state index in [1.807, 2.05) is 36.5 Å². The van der Waals surface area contributed by atoms with E-state index < -0.39 is 0 Å². The minimum Gasteiger partial charge on any atom is -0.220 e. The molecule has 0 saturated heterocycles. The standard InChI is InChI=1S/C13H15N3S/c1-3-13(17-2)9-11-10-16(15-14-11)12-7-5-4-6-8-12/h4-10H,3H2,1-2H3/b13-9+. The van der Waals surface area contributed by atoms with Crippen molar-refractivity contribution in [3.63, 3.8) is 0 Å². The summed E-state index contributed by atoms with van der Waals surface area (Å²) in [6, 6.07) is 10.00. The number of aromatic nitrogens is 3. The molecule has 0 saturated carbocycles. The van der Waals surface area contributed by atoms with Gasteiger partial charge in [0.2, 0.25) is 0 Å². The zero-order valence-electron chi connectivity index (χ0n) is 10.00. The molecule has 4 heteroatoms. The van der Waals surface area contributed by atoms with Crippen molar-refractivity contribution in [2.24, 2.45) is 0 Å². The molecule has 1 aromatic heterocycles. The summed E-state index contributed by atoms with van der Waals surface area (Å²) in [6.45, 7) is 2.14. The second-order valence-electron chi connectivity index (χ2n) is 3.59. The molecule has 0 aliphatic heterocycles. The molecular weight excluding hydrogens is 230 g/mol. The summed E-state index contributed by atoms with van der Waals surface area (Å²) in [6.07, 6.45) is 7.13. The number of allylic oxidation sites excluding steroid dienone is 1. The normalized spacial score (nSPS) is 11.8. The van der Waals surface area contributed by atoms with Gasteiger partial charge in [0.1, 0.15) is 5.69 Å². The maximum absolute atomic E-state index is 4.15. The molecule has 0 N–H and O–H groups in total. The number of nitrogens with zero attached hydrogens (tertiary/aromatic N) is 3. The summed E-state index contributed by atoms with van der Waals surface area (Å²) >= 11 is 1.75. The van der Waals surface area contributed by atoms with Crippen molar-refractivity contribution in [2.75, 3.05) is 6.26 Å². The van der Waals surface area contributed by atoms with Crippen molar-refractivity contribution in [1.82, 2.24) is 15.0 Å². The van der Waals surface area contributed by atoms with Gasteiger partial charge in [-0.3, -0.25) is 0 Å². The van der Waals surface area contributed by atoms with Crippen LogP contribution in [0.2, 0.25) is 0 Å². The van der Waals surface area contributed by atoms with Crippen LogP contribution in [0.15, 0.2) is 41.4 Å². The van der Waals surface area contributed by atoms with Gasteiger partial charge in [-0.2, -0.15) is 0 Å². The maximum atomic E-state index is 4.15. The first-order chi connectivity index (χ1) is 8.33. The summed E-state index contributed by atoms with van der Waals surface area (Å²) in [7, 11) is 0. The highest BCUT2D eigenvalue weighted by molar-refractivity contribution is 8.02. The molecule has 0 spiro atoms. The van der Waals surface area contributed by atoms with E-state index in [9.17, 15) is 0 Å². The Labute approximate surface area is 106 Å². The summed E-state index contributed by atoms with van der Waals surface area (Å²) in [5.74, 6) is 0. The minimum absolute atomic E-state index is 0.903. The van der Waals surface area contributed by atoms with Crippen LogP contribution in [0.5, 0.6) is 0 Å². The van der Waals surface area contributed by atoms with Crippen LogP contribution in [0.1, 0.15) is 19.0 Å². The minimum atomic E-state index is 0.903. The topological polar surface area (TPSA) is 30.7 Å². The summed E-state index contributed by atoms with van der Waals surface area (Å²) in [4.78, 5) is 1.31. The molecule has 1 heterocycles. The fourth-order valence-corrected chi connectivity index (χ4v) is 2.05. The molecule has 0 radical (unpaired) electrons. The highest BCUT2D eigenvalue weighted by Crippen LogP contribution is 2.18. The summed E-state index contributed by atoms with van der Waals surface area (Å²) in [5, 5.41) is 8.27. The average molecular weight is 245 g/mol.